The quantitative estimate of drug-likeness (QED) is 0.152. The molecule has 0 radical (unpaired) electrons. The molecule has 0 spiro atoms. The Morgan fingerprint density at radius 1 is 0.765 bits per heavy atom. The molecule has 4 nitrogen and oxygen atoms in total. The fraction of sp³-hybridized carbons (Fsp3) is 0.714. The summed E-state index contributed by atoms with van der Waals surface area (Å²) in [5, 5.41) is 2.45. The van der Waals surface area contributed by atoms with Gasteiger partial charge in [-0.1, -0.05) is 103 Å². The van der Waals surface area contributed by atoms with E-state index < -0.39 is 29.6 Å². The number of nitrogens with one attached hydrogen (secondary N) is 1. The van der Waals surface area contributed by atoms with Gasteiger partial charge in [0.05, 0.1) is 6.61 Å². The number of rotatable bonds is 20. The Morgan fingerprint density at radius 2 is 1.24 bits per heavy atom. The van der Waals surface area contributed by atoms with Crippen molar-refractivity contribution in [3.05, 3.63) is 35.4 Å². The van der Waals surface area contributed by atoms with Crippen molar-refractivity contribution in [2.45, 2.75) is 123 Å². The molecule has 1 rings (SSSR count). The number of halogens is 2. The summed E-state index contributed by atoms with van der Waals surface area (Å²) in [6, 6.07) is 1.99. The van der Waals surface area contributed by atoms with Crippen LogP contribution < -0.4 is 5.32 Å². The molecule has 1 unspecified atom stereocenters. The molecule has 0 bridgehead atoms. The molecule has 0 saturated heterocycles. The van der Waals surface area contributed by atoms with Crippen LogP contribution >= 0.6 is 0 Å². The summed E-state index contributed by atoms with van der Waals surface area (Å²) in [6.07, 6.45) is 20.5. The van der Waals surface area contributed by atoms with Gasteiger partial charge in [-0.05, 0) is 31.5 Å². The summed E-state index contributed by atoms with van der Waals surface area (Å²) in [7, 11) is 0. The second-order valence-electron chi connectivity index (χ2n) is 9.29. The van der Waals surface area contributed by atoms with E-state index in [4.69, 9.17) is 4.74 Å². The fourth-order valence-corrected chi connectivity index (χ4v) is 3.92. The number of amides is 1. The molecule has 0 aromatic heterocycles. The Hall–Kier alpha value is -1.98. The molecule has 1 aromatic carbocycles. The fourth-order valence-electron chi connectivity index (χ4n) is 3.92. The number of ether oxygens (including phenoxy) is 1. The Labute approximate surface area is 205 Å². The third-order valence-corrected chi connectivity index (χ3v) is 6.13. The van der Waals surface area contributed by atoms with E-state index in [9.17, 15) is 18.4 Å². The lowest BCUT2D eigenvalue weighted by Crippen LogP contribution is -2.39. The summed E-state index contributed by atoms with van der Waals surface area (Å²) < 4.78 is 31.4. The molecule has 0 aliphatic heterocycles. The molecule has 34 heavy (non-hydrogen) atoms. The Bertz CT molecular complexity index is 696. The van der Waals surface area contributed by atoms with Crippen LogP contribution in [0, 0.1) is 11.6 Å². The maximum absolute atomic E-state index is 13.2. The zero-order valence-corrected chi connectivity index (χ0v) is 21.3. The van der Waals surface area contributed by atoms with Crippen molar-refractivity contribution in [1.29, 1.82) is 0 Å². The molecular formula is C28H45F2NO3. The monoisotopic (exact) mass is 481 g/mol. The molecule has 1 atom stereocenters. The molecule has 0 heterocycles. The van der Waals surface area contributed by atoms with Crippen molar-refractivity contribution in [1.82, 2.24) is 5.32 Å². The van der Waals surface area contributed by atoms with Gasteiger partial charge in [-0.25, -0.2) is 13.6 Å². The van der Waals surface area contributed by atoms with Crippen LogP contribution in [0.1, 0.15) is 127 Å². The van der Waals surface area contributed by atoms with E-state index in [1.165, 1.54) is 96.5 Å². The van der Waals surface area contributed by atoms with Crippen LogP contribution in [0.3, 0.4) is 0 Å². The van der Waals surface area contributed by atoms with Gasteiger partial charge in [-0.3, -0.25) is 4.79 Å². The van der Waals surface area contributed by atoms with Gasteiger partial charge in [0.25, 0.3) is 5.91 Å². The Morgan fingerprint density at radius 3 is 1.71 bits per heavy atom. The summed E-state index contributed by atoms with van der Waals surface area (Å²) >= 11 is 0. The predicted molar refractivity (Wildman–Crippen MR) is 134 cm³/mol. The van der Waals surface area contributed by atoms with Crippen LogP contribution in [0.2, 0.25) is 0 Å². The SMILES string of the molecule is CCCCCCCCCCCCCCCCCCOC(=O)C(C)NC(=O)c1ccc(F)c(F)c1. The van der Waals surface area contributed by atoms with Crippen LogP contribution in [0.25, 0.3) is 0 Å². The minimum atomic E-state index is -1.11. The van der Waals surface area contributed by atoms with E-state index in [2.05, 4.69) is 12.2 Å². The first-order valence-electron chi connectivity index (χ1n) is 13.4. The van der Waals surface area contributed by atoms with Gasteiger partial charge >= 0.3 is 5.97 Å². The lowest BCUT2D eigenvalue weighted by atomic mass is 10.0. The lowest BCUT2D eigenvalue weighted by molar-refractivity contribution is -0.145. The molecule has 1 N–H and O–H groups in total. The summed E-state index contributed by atoms with van der Waals surface area (Å²) in [4.78, 5) is 24.1. The highest BCUT2D eigenvalue weighted by Gasteiger charge is 2.18. The molecule has 1 aromatic rings. The minimum absolute atomic E-state index is 0.0450. The standard InChI is InChI=1S/C28H45F2NO3/c1-3-4-5-6-7-8-9-10-11-12-13-14-15-16-17-18-21-34-28(33)23(2)31-27(32)24-19-20-25(29)26(30)22-24/h19-20,22-23H,3-18,21H2,1-2H3,(H,31,32). The molecule has 0 aliphatic rings. The second-order valence-corrected chi connectivity index (χ2v) is 9.29. The second kappa shape index (κ2) is 19.3. The molecular weight excluding hydrogens is 436 g/mol. The van der Waals surface area contributed by atoms with Crippen LogP contribution in [-0.4, -0.2) is 24.5 Å². The zero-order valence-electron chi connectivity index (χ0n) is 21.3. The molecule has 1 amide bonds. The summed E-state index contributed by atoms with van der Waals surface area (Å²) in [5.41, 5.74) is -0.0450. The number of hydrogen-bond acceptors (Lipinski definition) is 3. The molecule has 6 heteroatoms. The first kappa shape index (κ1) is 30.1. The Balaban J connectivity index is 1.93. The lowest BCUT2D eigenvalue weighted by Gasteiger charge is -2.13. The van der Waals surface area contributed by atoms with Gasteiger partial charge in [-0.2, -0.15) is 0 Å². The molecule has 0 fully saturated rings. The average molecular weight is 482 g/mol. The number of esters is 1. The number of hydrogen-bond donors (Lipinski definition) is 1. The number of unbranched alkanes of at least 4 members (excludes halogenated alkanes) is 15. The van der Waals surface area contributed by atoms with E-state index in [1.807, 2.05) is 0 Å². The van der Waals surface area contributed by atoms with E-state index in [1.54, 1.807) is 0 Å². The largest absolute Gasteiger partial charge is 0.464 e. The van der Waals surface area contributed by atoms with E-state index in [-0.39, 0.29) is 5.56 Å². The van der Waals surface area contributed by atoms with Gasteiger partial charge in [0, 0.05) is 5.56 Å². The molecule has 0 saturated carbocycles. The number of carbonyl (C=O) groups excluding carboxylic acids is 2. The van der Waals surface area contributed by atoms with E-state index in [0.717, 1.165) is 31.4 Å². The maximum Gasteiger partial charge on any atom is 0.328 e. The Kier molecular flexibility index (Phi) is 17.1. The van der Waals surface area contributed by atoms with Crippen LogP contribution in [-0.2, 0) is 9.53 Å². The molecule has 194 valence electrons. The third kappa shape index (κ3) is 14.3. The van der Waals surface area contributed by atoms with Gasteiger partial charge in [-0.15, -0.1) is 0 Å². The minimum Gasteiger partial charge on any atom is -0.464 e. The third-order valence-electron chi connectivity index (χ3n) is 6.13. The van der Waals surface area contributed by atoms with Crippen LogP contribution in [0.5, 0.6) is 0 Å². The molecule has 0 aliphatic carbocycles. The van der Waals surface area contributed by atoms with Crippen molar-refractivity contribution >= 4 is 11.9 Å². The van der Waals surface area contributed by atoms with E-state index in [0.29, 0.717) is 6.61 Å². The van der Waals surface area contributed by atoms with Crippen LogP contribution in [0.15, 0.2) is 18.2 Å². The first-order chi connectivity index (χ1) is 16.5. The predicted octanol–water partition coefficient (Wildman–Crippen LogP) is 7.89. The number of carbonyl (C=O) groups is 2. The topological polar surface area (TPSA) is 55.4 Å². The first-order valence-corrected chi connectivity index (χ1v) is 13.4. The highest BCUT2D eigenvalue weighted by atomic mass is 19.2. The van der Waals surface area contributed by atoms with Crippen LogP contribution in [0.4, 0.5) is 8.78 Å². The van der Waals surface area contributed by atoms with Crippen molar-refractivity contribution in [3.8, 4) is 0 Å². The zero-order chi connectivity index (χ0) is 25.0. The summed E-state index contributed by atoms with van der Waals surface area (Å²) in [5.74, 6) is -3.31. The van der Waals surface area contributed by atoms with Gasteiger partial charge < -0.3 is 10.1 Å². The smallest absolute Gasteiger partial charge is 0.328 e. The number of benzene rings is 1. The van der Waals surface area contributed by atoms with Crippen molar-refractivity contribution in [3.63, 3.8) is 0 Å². The van der Waals surface area contributed by atoms with E-state index >= 15 is 0 Å². The average Bonchev–Trinajstić information content (AvgIpc) is 2.82. The normalized spacial score (nSPS) is 11.9. The highest BCUT2D eigenvalue weighted by Crippen LogP contribution is 2.14. The van der Waals surface area contributed by atoms with Gasteiger partial charge in [0.1, 0.15) is 6.04 Å². The highest BCUT2D eigenvalue weighted by molar-refractivity contribution is 5.96. The van der Waals surface area contributed by atoms with Gasteiger partial charge in [0.15, 0.2) is 11.6 Å². The van der Waals surface area contributed by atoms with Crippen molar-refractivity contribution < 1.29 is 23.1 Å². The van der Waals surface area contributed by atoms with Crippen molar-refractivity contribution in [2.24, 2.45) is 0 Å². The van der Waals surface area contributed by atoms with Crippen molar-refractivity contribution in [2.75, 3.05) is 6.61 Å². The van der Waals surface area contributed by atoms with Gasteiger partial charge in [0.2, 0.25) is 0 Å². The maximum atomic E-state index is 13.2. The summed E-state index contributed by atoms with van der Waals surface area (Å²) in [6.45, 7) is 4.09.